The van der Waals surface area contributed by atoms with E-state index in [4.69, 9.17) is 5.73 Å². The molecule has 3 nitrogen and oxygen atoms in total. The summed E-state index contributed by atoms with van der Waals surface area (Å²) in [5.74, 6) is 0. The van der Waals surface area contributed by atoms with Crippen LogP contribution < -0.4 is 5.73 Å². The Bertz CT molecular complexity index is 475. The van der Waals surface area contributed by atoms with Gasteiger partial charge in [-0.3, -0.25) is 4.68 Å². The fourth-order valence-corrected chi connectivity index (χ4v) is 2.08. The molecule has 0 amide bonds. The Morgan fingerprint density at radius 1 is 1.18 bits per heavy atom. The number of rotatable bonds is 4. The molecule has 1 atom stereocenters. The van der Waals surface area contributed by atoms with Crippen molar-refractivity contribution in [2.24, 2.45) is 5.73 Å². The molecule has 1 unspecified atom stereocenters. The summed E-state index contributed by atoms with van der Waals surface area (Å²) in [4.78, 5) is 0. The van der Waals surface area contributed by atoms with Crippen molar-refractivity contribution in [2.75, 3.05) is 0 Å². The van der Waals surface area contributed by atoms with Gasteiger partial charge >= 0.3 is 0 Å². The van der Waals surface area contributed by atoms with E-state index in [1.807, 2.05) is 35.3 Å². The quantitative estimate of drug-likeness (QED) is 0.875. The van der Waals surface area contributed by atoms with Crippen LogP contribution in [-0.2, 0) is 12.1 Å². The zero-order valence-corrected chi connectivity index (χ0v) is 10.4. The van der Waals surface area contributed by atoms with Crippen molar-refractivity contribution in [2.45, 2.75) is 32.4 Å². The fourth-order valence-electron chi connectivity index (χ4n) is 2.08. The van der Waals surface area contributed by atoms with Crippen LogP contribution in [0.2, 0.25) is 0 Å². The zero-order valence-electron chi connectivity index (χ0n) is 10.4. The molecule has 2 rings (SSSR count). The lowest BCUT2D eigenvalue weighted by atomic mass is 9.83. The van der Waals surface area contributed by atoms with Crippen LogP contribution in [0.1, 0.15) is 31.4 Å². The highest BCUT2D eigenvalue weighted by molar-refractivity contribution is 5.35. The second-order valence-corrected chi connectivity index (χ2v) is 4.28. The summed E-state index contributed by atoms with van der Waals surface area (Å²) in [6.07, 6.45) is 4.77. The maximum Gasteiger partial charge on any atom is 0.0693 e. The zero-order chi connectivity index (χ0) is 12.3. The van der Waals surface area contributed by atoms with Gasteiger partial charge in [-0.1, -0.05) is 37.3 Å². The van der Waals surface area contributed by atoms with E-state index in [-0.39, 0.29) is 0 Å². The maximum atomic E-state index is 6.55. The molecular formula is C14H19N3. The Morgan fingerprint density at radius 3 is 2.41 bits per heavy atom. The predicted octanol–water partition coefficient (Wildman–Crippen LogP) is 2.52. The molecule has 0 fully saturated rings. The smallest absolute Gasteiger partial charge is 0.0693 e. The van der Waals surface area contributed by atoms with E-state index in [1.165, 1.54) is 0 Å². The lowest BCUT2D eigenvalue weighted by molar-refractivity contribution is 0.517. The molecule has 90 valence electrons. The molecular weight excluding hydrogens is 210 g/mol. The second kappa shape index (κ2) is 4.72. The normalized spacial score (nSPS) is 14.5. The number of hydrogen-bond acceptors (Lipinski definition) is 2. The first-order chi connectivity index (χ1) is 8.20. The van der Waals surface area contributed by atoms with E-state index >= 15 is 0 Å². The summed E-state index contributed by atoms with van der Waals surface area (Å²) in [5, 5.41) is 4.31. The minimum absolute atomic E-state index is 0.436. The van der Waals surface area contributed by atoms with Gasteiger partial charge < -0.3 is 5.73 Å². The molecule has 3 heteroatoms. The molecule has 2 N–H and O–H groups in total. The minimum atomic E-state index is -0.436. The van der Waals surface area contributed by atoms with Gasteiger partial charge in [-0.2, -0.15) is 5.10 Å². The van der Waals surface area contributed by atoms with Crippen LogP contribution in [0.15, 0.2) is 42.7 Å². The van der Waals surface area contributed by atoms with E-state index in [2.05, 4.69) is 31.1 Å². The van der Waals surface area contributed by atoms with E-state index in [9.17, 15) is 0 Å². The van der Waals surface area contributed by atoms with Gasteiger partial charge in [-0.15, -0.1) is 0 Å². The standard InChI is InChI=1S/C14H19N3/c1-3-14(15,12-8-6-5-7-9-12)13-10-16-17(4-2)11-13/h5-11H,3-4,15H2,1-2H3. The van der Waals surface area contributed by atoms with Crippen molar-refractivity contribution in [3.63, 3.8) is 0 Å². The molecule has 1 heterocycles. The van der Waals surface area contributed by atoms with Crippen LogP contribution >= 0.6 is 0 Å². The average Bonchev–Trinajstić information content (AvgIpc) is 2.88. The van der Waals surface area contributed by atoms with Crippen LogP contribution in [0.5, 0.6) is 0 Å². The van der Waals surface area contributed by atoms with Crippen LogP contribution in [0.25, 0.3) is 0 Å². The number of hydrogen-bond donors (Lipinski definition) is 1. The van der Waals surface area contributed by atoms with Gasteiger partial charge in [-0.25, -0.2) is 0 Å². The second-order valence-electron chi connectivity index (χ2n) is 4.28. The molecule has 0 aliphatic heterocycles. The molecule has 17 heavy (non-hydrogen) atoms. The number of aromatic nitrogens is 2. The van der Waals surface area contributed by atoms with Crippen LogP contribution in [0.3, 0.4) is 0 Å². The third-order valence-corrected chi connectivity index (χ3v) is 3.32. The molecule has 1 aromatic heterocycles. The Morgan fingerprint density at radius 2 is 1.88 bits per heavy atom. The van der Waals surface area contributed by atoms with Crippen LogP contribution in [0, 0.1) is 0 Å². The maximum absolute atomic E-state index is 6.55. The van der Waals surface area contributed by atoms with Gasteiger partial charge in [0.25, 0.3) is 0 Å². The van der Waals surface area contributed by atoms with Crippen molar-refractivity contribution in [3.8, 4) is 0 Å². The van der Waals surface area contributed by atoms with E-state index in [1.54, 1.807) is 0 Å². The van der Waals surface area contributed by atoms with Crippen molar-refractivity contribution < 1.29 is 0 Å². The summed E-state index contributed by atoms with van der Waals surface area (Å²) < 4.78 is 1.91. The van der Waals surface area contributed by atoms with E-state index < -0.39 is 5.54 Å². The van der Waals surface area contributed by atoms with Crippen LogP contribution in [-0.4, -0.2) is 9.78 Å². The van der Waals surface area contributed by atoms with Gasteiger partial charge in [0.1, 0.15) is 0 Å². The summed E-state index contributed by atoms with van der Waals surface area (Å²) in [6, 6.07) is 10.2. The molecule has 0 saturated heterocycles. The molecule has 0 saturated carbocycles. The van der Waals surface area contributed by atoms with Crippen LogP contribution in [0.4, 0.5) is 0 Å². The summed E-state index contributed by atoms with van der Waals surface area (Å²) in [6.45, 7) is 5.05. The third kappa shape index (κ3) is 2.11. The van der Waals surface area contributed by atoms with Gasteiger partial charge in [0.2, 0.25) is 0 Å². The highest BCUT2D eigenvalue weighted by Gasteiger charge is 2.28. The first kappa shape index (κ1) is 11.9. The van der Waals surface area contributed by atoms with Crippen molar-refractivity contribution in [1.82, 2.24) is 9.78 Å². The van der Waals surface area contributed by atoms with E-state index in [0.29, 0.717) is 0 Å². The average molecular weight is 229 g/mol. The highest BCUT2D eigenvalue weighted by atomic mass is 15.3. The summed E-state index contributed by atoms with van der Waals surface area (Å²) in [7, 11) is 0. The Kier molecular flexibility index (Phi) is 3.29. The van der Waals surface area contributed by atoms with Crippen molar-refractivity contribution in [1.29, 1.82) is 0 Å². The Balaban J connectivity index is 2.44. The monoisotopic (exact) mass is 229 g/mol. The van der Waals surface area contributed by atoms with Gasteiger partial charge in [0.05, 0.1) is 11.7 Å². The van der Waals surface area contributed by atoms with Gasteiger partial charge in [0, 0.05) is 18.3 Å². The summed E-state index contributed by atoms with van der Waals surface area (Å²) >= 11 is 0. The largest absolute Gasteiger partial charge is 0.318 e. The minimum Gasteiger partial charge on any atom is -0.318 e. The number of nitrogens with zero attached hydrogens (tertiary/aromatic N) is 2. The molecule has 1 aromatic carbocycles. The molecule has 0 aliphatic carbocycles. The third-order valence-electron chi connectivity index (χ3n) is 3.32. The van der Waals surface area contributed by atoms with E-state index in [0.717, 1.165) is 24.1 Å². The number of nitrogens with two attached hydrogens (primary N) is 1. The Labute approximate surface area is 102 Å². The molecule has 2 aromatic rings. The van der Waals surface area contributed by atoms with Gasteiger partial charge in [0.15, 0.2) is 0 Å². The number of benzene rings is 1. The van der Waals surface area contributed by atoms with Crippen molar-refractivity contribution in [3.05, 3.63) is 53.9 Å². The van der Waals surface area contributed by atoms with Crippen molar-refractivity contribution >= 4 is 0 Å². The Hall–Kier alpha value is -1.61. The topological polar surface area (TPSA) is 43.8 Å². The fraction of sp³-hybridized carbons (Fsp3) is 0.357. The lowest BCUT2D eigenvalue weighted by Gasteiger charge is -2.27. The SMILES string of the molecule is CCn1cc(C(N)(CC)c2ccccc2)cn1. The predicted molar refractivity (Wildman–Crippen MR) is 69.6 cm³/mol. The first-order valence-electron chi connectivity index (χ1n) is 6.08. The first-order valence-corrected chi connectivity index (χ1v) is 6.08. The molecule has 0 radical (unpaired) electrons. The molecule has 0 aliphatic rings. The molecule has 0 spiro atoms. The molecule has 0 bridgehead atoms. The summed E-state index contributed by atoms with van der Waals surface area (Å²) in [5.41, 5.74) is 8.33. The number of aryl methyl sites for hydroxylation is 1. The highest BCUT2D eigenvalue weighted by Crippen LogP contribution is 2.29. The lowest BCUT2D eigenvalue weighted by Crippen LogP contribution is -2.36. The van der Waals surface area contributed by atoms with Gasteiger partial charge in [-0.05, 0) is 18.9 Å².